The Hall–Kier alpha value is -0.650. The summed E-state index contributed by atoms with van der Waals surface area (Å²) in [6, 6.07) is -0.0448. The van der Waals surface area contributed by atoms with Crippen LogP contribution in [0.4, 0.5) is 13.2 Å². The lowest BCUT2D eigenvalue weighted by Crippen LogP contribution is -2.40. The normalized spacial score (nSPS) is 33.5. The van der Waals surface area contributed by atoms with E-state index in [1.54, 1.807) is 0 Å². The van der Waals surface area contributed by atoms with Crippen molar-refractivity contribution in [1.82, 2.24) is 4.90 Å². The quantitative estimate of drug-likeness (QED) is 0.488. The zero-order valence-corrected chi connectivity index (χ0v) is 8.67. The number of azo groups is 2. The summed E-state index contributed by atoms with van der Waals surface area (Å²) in [6.07, 6.45) is -3.22. The van der Waals surface area contributed by atoms with Crippen molar-refractivity contribution in [3.05, 3.63) is 0 Å². The van der Waals surface area contributed by atoms with Gasteiger partial charge in [-0.05, 0) is 28.7 Å². The van der Waals surface area contributed by atoms with Crippen LogP contribution in [0.1, 0.15) is 13.3 Å². The number of alkyl halides is 3. The van der Waals surface area contributed by atoms with Gasteiger partial charge in [0.05, 0.1) is 6.04 Å². The molecule has 2 aliphatic rings. The first-order chi connectivity index (χ1) is 6.97. The van der Waals surface area contributed by atoms with E-state index in [4.69, 9.17) is 0 Å². The third-order valence-electron chi connectivity index (χ3n) is 3.11. The highest BCUT2D eigenvalue weighted by Crippen LogP contribution is 2.25. The van der Waals surface area contributed by atoms with Gasteiger partial charge in [0, 0.05) is 6.54 Å². The van der Waals surface area contributed by atoms with Crippen LogP contribution in [0, 0.1) is 5.92 Å². The molecule has 1 fully saturated rings. The van der Waals surface area contributed by atoms with E-state index in [-0.39, 0.29) is 23.8 Å². The Kier molecular flexibility index (Phi) is 2.70. The minimum absolute atomic E-state index is 0.00375. The summed E-state index contributed by atoms with van der Waals surface area (Å²) >= 11 is 0. The van der Waals surface area contributed by atoms with Crippen LogP contribution in [-0.2, 0) is 0 Å². The average molecular weight is 222 g/mol. The van der Waals surface area contributed by atoms with Crippen LogP contribution in [0.15, 0.2) is 5.11 Å². The second-order valence-electron chi connectivity index (χ2n) is 4.42. The summed E-state index contributed by atoms with van der Waals surface area (Å²) in [6.45, 7) is 4.23. The molecular formula is C9H15F3N3+. The largest absolute Gasteiger partial charge is 0.656 e. The molecule has 15 heavy (non-hydrogen) atoms. The minimum Gasteiger partial charge on any atom is -0.292 e. The number of nitrogens with zero attached hydrogens (tertiary/aromatic N) is 3. The second kappa shape index (κ2) is 3.73. The molecule has 0 saturated carbocycles. The van der Waals surface area contributed by atoms with Crippen LogP contribution in [-0.4, -0.2) is 48.1 Å². The molecule has 0 aliphatic carbocycles. The topological polar surface area (TPSA) is 18.6 Å². The number of hydrogen-bond donors (Lipinski definition) is 0. The van der Waals surface area contributed by atoms with Gasteiger partial charge in [-0.15, -0.1) is 13.2 Å². The minimum atomic E-state index is -4.31. The van der Waals surface area contributed by atoms with Gasteiger partial charge in [-0.1, -0.05) is 6.92 Å². The summed E-state index contributed by atoms with van der Waals surface area (Å²) in [5.74, 6) is 0.602. The maximum atomic E-state index is 12.3. The molecule has 0 radical (unpaired) electrons. The Labute approximate surface area is 86.6 Å². The zero-order chi connectivity index (χ0) is 11.1. The van der Waals surface area contributed by atoms with Crippen LogP contribution >= 0.6 is 0 Å². The van der Waals surface area contributed by atoms with E-state index in [0.717, 1.165) is 19.5 Å². The Balaban J connectivity index is 1.91. The molecule has 2 unspecified atom stereocenters. The van der Waals surface area contributed by atoms with Crippen molar-refractivity contribution >= 4 is 0 Å². The number of hydrogen-bond acceptors (Lipinski definition) is 2. The zero-order valence-electron chi connectivity index (χ0n) is 8.67. The summed E-state index contributed by atoms with van der Waals surface area (Å²) in [4.78, 5) is 2.12. The molecule has 2 heterocycles. The summed E-state index contributed by atoms with van der Waals surface area (Å²) < 4.78 is 37.2. The SMILES string of the molecule is CC1CCN(C2CN=[N+](C(F)(F)F)C2)C1. The Morgan fingerprint density at radius 2 is 2.13 bits per heavy atom. The second-order valence-corrected chi connectivity index (χ2v) is 4.42. The molecule has 2 aliphatic heterocycles. The lowest BCUT2D eigenvalue weighted by molar-refractivity contribution is -0.751. The van der Waals surface area contributed by atoms with E-state index in [1.165, 1.54) is 0 Å². The van der Waals surface area contributed by atoms with Crippen molar-refractivity contribution < 1.29 is 17.9 Å². The molecular weight excluding hydrogens is 207 g/mol. The van der Waals surface area contributed by atoms with Gasteiger partial charge in [-0.3, -0.25) is 4.90 Å². The van der Waals surface area contributed by atoms with Gasteiger partial charge in [0.15, 0.2) is 6.54 Å². The van der Waals surface area contributed by atoms with Crippen molar-refractivity contribution in [2.45, 2.75) is 25.7 Å². The smallest absolute Gasteiger partial charge is 0.292 e. The molecule has 2 atom stereocenters. The van der Waals surface area contributed by atoms with E-state index >= 15 is 0 Å². The molecule has 1 saturated heterocycles. The molecule has 2 rings (SSSR count). The molecule has 0 aromatic carbocycles. The third kappa shape index (κ3) is 2.30. The predicted octanol–water partition coefficient (Wildman–Crippen LogP) is 1.69. The maximum absolute atomic E-state index is 12.3. The fourth-order valence-corrected chi connectivity index (χ4v) is 2.22. The first-order valence-corrected chi connectivity index (χ1v) is 5.22. The first-order valence-electron chi connectivity index (χ1n) is 5.22. The van der Waals surface area contributed by atoms with Crippen LogP contribution in [0.25, 0.3) is 0 Å². The van der Waals surface area contributed by atoms with Crippen molar-refractivity contribution in [2.75, 3.05) is 26.2 Å². The number of halogens is 3. The Morgan fingerprint density at radius 1 is 1.40 bits per heavy atom. The Morgan fingerprint density at radius 3 is 2.60 bits per heavy atom. The van der Waals surface area contributed by atoms with Crippen LogP contribution < -0.4 is 0 Å². The van der Waals surface area contributed by atoms with Gasteiger partial charge >= 0.3 is 6.30 Å². The van der Waals surface area contributed by atoms with E-state index in [1.807, 2.05) is 0 Å². The first kappa shape index (κ1) is 10.9. The molecule has 0 aromatic heterocycles. The summed E-state index contributed by atoms with van der Waals surface area (Å²) in [5, 5.41) is 3.52. The van der Waals surface area contributed by atoms with Gasteiger partial charge in [-0.2, -0.15) is 0 Å². The van der Waals surface area contributed by atoms with E-state index in [9.17, 15) is 13.2 Å². The molecule has 0 aromatic rings. The highest BCUT2D eigenvalue weighted by Gasteiger charge is 2.50. The molecule has 86 valence electrons. The third-order valence-corrected chi connectivity index (χ3v) is 3.11. The standard InChI is InChI=1S/C9H15F3N3/c1-7-2-3-14(5-7)8-4-13-15(6-8)9(10,11)12/h7-8H,2-6H2,1H3/q+1. The molecule has 0 N–H and O–H groups in total. The van der Waals surface area contributed by atoms with Gasteiger partial charge in [-0.25, -0.2) is 0 Å². The van der Waals surface area contributed by atoms with Gasteiger partial charge in [0.2, 0.25) is 0 Å². The molecule has 0 bridgehead atoms. The fraction of sp³-hybridized carbons (Fsp3) is 1.00. The number of rotatable bonds is 1. The highest BCUT2D eigenvalue weighted by atomic mass is 19.4. The predicted molar refractivity (Wildman–Crippen MR) is 47.6 cm³/mol. The summed E-state index contributed by atoms with van der Waals surface area (Å²) in [7, 11) is 0. The van der Waals surface area contributed by atoms with E-state index < -0.39 is 6.30 Å². The van der Waals surface area contributed by atoms with E-state index in [2.05, 4.69) is 16.9 Å². The van der Waals surface area contributed by atoms with Crippen LogP contribution in [0.2, 0.25) is 0 Å². The Bertz CT molecular complexity index is 274. The van der Waals surface area contributed by atoms with Gasteiger partial charge in [0.25, 0.3) is 0 Å². The van der Waals surface area contributed by atoms with Crippen molar-refractivity contribution in [2.24, 2.45) is 11.0 Å². The lowest BCUT2D eigenvalue weighted by Gasteiger charge is -2.19. The van der Waals surface area contributed by atoms with Crippen LogP contribution in [0.5, 0.6) is 0 Å². The van der Waals surface area contributed by atoms with Gasteiger partial charge in [0.1, 0.15) is 6.54 Å². The van der Waals surface area contributed by atoms with Crippen molar-refractivity contribution in [1.29, 1.82) is 0 Å². The highest BCUT2D eigenvalue weighted by molar-refractivity contribution is 4.81. The maximum Gasteiger partial charge on any atom is 0.656 e. The molecule has 0 amide bonds. The molecule has 0 spiro atoms. The molecule has 6 heteroatoms. The lowest BCUT2D eigenvalue weighted by atomic mass is 10.2. The van der Waals surface area contributed by atoms with Crippen molar-refractivity contribution in [3.8, 4) is 0 Å². The fourth-order valence-electron chi connectivity index (χ4n) is 2.22. The van der Waals surface area contributed by atoms with Gasteiger partial charge < -0.3 is 0 Å². The number of likely N-dealkylation sites (tertiary alicyclic amines) is 1. The average Bonchev–Trinajstić information content (AvgIpc) is 2.69. The summed E-state index contributed by atoms with van der Waals surface area (Å²) in [5.41, 5.74) is 0. The van der Waals surface area contributed by atoms with Crippen molar-refractivity contribution in [3.63, 3.8) is 0 Å². The van der Waals surface area contributed by atoms with Crippen LogP contribution in [0.3, 0.4) is 0 Å². The molecule has 3 nitrogen and oxygen atoms in total. The van der Waals surface area contributed by atoms with E-state index in [0.29, 0.717) is 5.92 Å². The monoisotopic (exact) mass is 222 g/mol.